The molecule has 1 saturated heterocycles. The van der Waals surface area contributed by atoms with Gasteiger partial charge in [0.15, 0.2) is 0 Å². The van der Waals surface area contributed by atoms with Crippen LogP contribution in [-0.4, -0.2) is 29.2 Å². The van der Waals surface area contributed by atoms with Crippen molar-refractivity contribution in [2.45, 2.75) is 26.0 Å². The van der Waals surface area contributed by atoms with Crippen LogP contribution in [0.15, 0.2) is 22.7 Å². The van der Waals surface area contributed by atoms with Crippen molar-refractivity contribution in [2.75, 3.05) is 13.1 Å². The molecule has 0 saturated carbocycles. The van der Waals surface area contributed by atoms with E-state index < -0.39 is 0 Å². The Morgan fingerprint density at radius 1 is 1.59 bits per heavy atom. The summed E-state index contributed by atoms with van der Waals surface area (Å²) in [7, 11) is 0. The minimum absolute atomic E-state index is 0.219. The highest BCUT2D eigenvalue weighted by Gasteiger charge is 2.26. The second-order valence-electron chi connectivity index (χ2n) is 4.76. The molecule has 2 rings (SSSR count). The van der Waals surface area contributed by atoms with Gasteiger partial charge in [0.1, 0.15) is 5.82 Å². The zero-order chi connectivity index (χ0) is 12.4. The lowest BCUT2D eigenvalue weighted by Gasteiger charge is -2.18. The fraction of sp³-hybridized carbons (Fsp3) is 0.538. The standard InChI is InChI=1S/C13H17BrFNO/c1-9(17)10-4-5-16(7-10)8-11-2-3-12(15)6-13(11)14/h2-3,6,9-10,17H,4-5,7-8H2,1H3. The fourth-order valence-electron chi connectivity index (χ4n) is 2.29. The van der Waals surface area contributed by atoms with E-state index in [2.05, 4.69) is 20.8 Å². The summed E-state index contributed by atoms with van der Waals surface area (Å²) in [5, 5.41) is 9.54. The van der Waals surface area contributed by atoms with E-state index in [1.54, 1.807) is 0 Å². The molecule has 1 aliphatic rings. The monoisotopic (exact) mass is 301 g/mol. The molecule has 0 aromatic heterocycles. The molecule has 1 fully saturated rings. The summed E-state index contributed by atoms with van der Waals surface area (Å²) in [6.45, 7) is 4.58. The van der Waals surface area contributed by atoms with Crippen LogP contribution in [0.3, 0.4) is 0 Å². The molecule has 2 atom stereocenters. The summed E-state index contributed by atoms with van der Waals surface area (Å²) in [5.74, 6) is 0.151. The van der Waals surface area contributed by atoms with Crippen LogP contribution in [0.4, 0.5) is 4.39 Å². The Kier molecular flexibility index (Phi) is 4.17. The van der Waals surface area contributed by atoms with Crippen molar-refractivity contribution in [2.24, 2.45) is 5.92 Å². The lowest BCUT2D eigenvalue weighted by molar-refractivity contribution is 0.127. The van der Waals surface area contributed by atoms with E-state index in [0.717, 1.165) is 36.1 Å². The Hall–Kier alpha value is -0.450. The number of hydrogen-bond acceptors (Lipinski definition) is 2. The van der Waals surface area contributed by atoms with Crippen LogP contribution in [0.2, 0.25) is 0 Å². The number of hydrogen-bond donors (Lipinski definition) is 1. The number of halogens is 2. The third kappa shape index (κ3) is 3.27. The molecule has 1 heterocycles. The number of likely N-dealkylation sites (tertiary alicyclic amines) is 1. The lowest BCUT2D eigenvalue weighted by atomic mass is 10.0. The maximum Gasteiger partial charge on any atom is 0.124 e. The fourth-order valence-corrected chi connectivity index (χ4v) is 2.77. The van der Waals surface area contributed by atoms with E-state index in [4.69, 9.17) is 0 Å². The van der Waals surface area contributed by atoms with Crippen LogP contribution in [0.25, 0.3) is 0 Å². The summed E-state index contributed by atoms with van der Waals surface area (Å²) in [6.07, 6.45) is 0.799. The molecule has 0 spiro atoms. The normalized spacial score (nSPS) is 22.9. The second-order valence-corrected chi connectivity index (χ2v) is 5.61. The van der Waals surface area contributed by atoms with Crippen LogP contribution in [0.5, 0.6) is 0 Å². The predicted molar refractivity (Wildman–Crippen MR) is 69.2 cm³/mol. The SMILES string of the molecule is CC(O)C1CCN(Cc2ccc(F)cc2Br)C1. The van der Waals surface area contributed by atoms with Crippen molar-refractivity contribution in [3.05, 3.63) is 34.1 Å². The van der Waals surface area contributed by atoms with Gasteiger partial charge in [0.2, 0.25) is 0 Å². The quantitative estimate of drug-likeness (QED) is 0.928. The number of nitrogens with zero attached hydrogens (tertiary/aromatic N) is 1. The first-order valence-corrected chi connectivity index (χ1v) is 6.70. The average molecular weight is 302 g/mol. The first kappa shape index (κ1) is 13.0. The molecule has 94 valence electrons. The molecular weight excluding hydrogens is 285 g/mol. The van der Waals surface area contributed by atoms with Crippen LogP contribution in [0, 0.1) is 11.7 Å². The Morgan fingerprint density at radius 2 is 2.35 bits per heavy atom. The molecule has 1 aliphatic heterocycles. The van der Waals surface area contributed by atoms with Gasteiger partial charge >= 0.3 is 0 Å². The summed E-state index contributed by atoms with van der Waals surface area (Å²) < 4.78 is 13.8. The smallest absolute Gasteiger partial charge is 0.124 e. The second kappa shape index (κ2) is 5.46. The number of aliphatic hydroxyl groups excluding tert-OH is 1. The van der Waals surface area contributed by atoms with Crippen LogP contribution in [-0.2, 0) is 6.54 Å². The minimum Gasteiger partial charge on any atom is -0.393 e. The minimum atomic E-state index is -0.239. The first-order chi connectivity index (χ1) is 8.06. The van der Waals surface area contributed by atoms with Crippen molar-refractivity contribution >= 4 is 15.9 Å². The van der Waals surface area contributed by atoms with Crippen molar-refractivity contribution in [3.8, 4) is 0 Å². The molecular formula is C13H17BrFNO. The van der Waals surface area contributed by atoms with Crippen LogP contribution in [0.1, 0.15) is 18.9 Å². The van der Waals surface area contributed by atoms with Gasteiger partial charge in [-0.05, 0) is 43.5 Å². The van der Waals surface area contributed by atoms with E-state index >= 15 is 0 Å². The van der Waals surface area contributed by atoms with Crippen LogP contribution >= 0.6 is 15.9 Å². The van der Waals surface area contributed by atoms with Gasteiger partial charge in [0.25, 0.3) is 0 Å². The van der Waals surface area contributed by atoms with Gasteiger partial charge in [0, 0.05) is 17.6 Å². The summed E-state index contributed by atoms with van der Waals surface area (Å²) >= 11 is 3.38. The van der Waals surface area contributed by atoms with Gasteiger partial charge in [-0.2, -0.15) is 0 Å². The Morgan fingerprint density at radius 3 is 2.94 bits per heavy atom. The molecule has 1 N–H and O–H groups in total. The number of benzene rings is 1. The predicted octanol–water partition coefficient (Wildman–Crippen LogP) is 2.79. The van der Waals surface area contributed by atoms with Crippen molar-refractivity contribution in [1.82, 2.24) is 4.90 Å². The largest absolute Gasteiger partial charge is 0.393 e. The maximum absolute atomic E-state index is 13.0. The Balaban J connectivity index is 1.98. The maximum atomic E-state index is 13.0. The van der Waals surface area contributed by atoms with Gasteiger partial charge in [-0.1, -0.05) is 22.0 Å². The number of rotatable bonds is 3. The highest BCUT2D eigenvalue weighted by Crippen LogP contribution is 2.24. The molecule has 0 radical (unpaired) electrons. The third-order valence-corrected chi connectivity index (χ3v) is 4.14. The van der Waals surface area contributed by atoms with E-state index in [0.29, 0.717) is 5.92 Å². The Labute approximate surface area is 110 Å². The van der Waals surface area contributed by atoms with E-state index in [9.17, 15) is 9.50 Å². The van der Waals surface area contributed by atoms with Crippen molar-refractivity contribution in [1.29, 1.82) is 0 Å². The summed E-state index contributed by atoms with van der Waals surface area (Å²) in [5.41, 5.74) is 1.10. The average Bonchev–Trinajstić information content (AvgIpc) is 2.71. The summed E-state index contributed by atoms with van der Waals surface area (Å²) in [6, 6.07) is 4.80. The van der Waals surface area contributed by atoms with Gasteiger partial charge in [0.05, 0.1) is 6.10 Å². The summed E-state index contributed by atoms with van der Waals surface area (Å²) in [4.78, 5) is 2.30. The van der Waals surface area contributed by atoms with E-state index in [1.165, 1.54) is 12.1 Å². The molecule has 2 unspecified atom stereocenters. The van der Waals surface area contributed by atoms with Crippen LogP contribution < -0.4 is 0 Å². The van der Waals surface area contributed by atoms with E-state index in [1.807, 2.05) is 13.0 Å². The first-order valence-electron chi connectivity index (χ1n) is 5.90. The zero-order valence-corrected chi connectivity index (χ0v) is 11.5. The number of aliphatic hydroxyl groups is 1. The molecule has 0 amide bonds. The molecule has 17 heavy (non-hydrogen) atoms. The third-order valence-electron chi connectivity index (χ3n) is 3.40. The Bertz CT molecular complexity index is 397. The molecule has 1 aromatic carbocycles. The molecule has 0 aliphatic carbocycles. The van der Waals surface area contributed by atoms with E-state index in [-0.39, 0.29) is 11.9 Å². The van der Waals surface area contributed by atoms with Gasteiger partial charge in [-0.15, -0.1) is 0 Å². The molecule has 0 bridgehead atoms. The van der Waals surface area contributed by atoms with Crippen molar-refractivity contribution < 1.29 is 9.50 Å². The molecule has 4 heteroatoms. The van der Waals surface area contributed by atoms with Gasteiger partial charge < -0.3 is 5.11 Å². The van der Waals surface area contributed by atoms with Gasteiger partial charge in [-0.25, -0.2) is 4.39 Å². The van der Waals surface area contributed by atoms with Gasteiger partial charge in [-0.3, -0.25) is 4.90 Å². The highest BCUT2D eigenvalue weighted by atomic mass is 79.9. The molecule has 2 nitrogen and oxygen atoms in total. The topological polar surface area (TPSA) is 23.5 Å². The van der Waals surface area contributed by atoms with Crippen molar-refractivity contribution in [3.63, 3.8) is 0 Å². The lowest BCUT2D eigenvalue weighted by Crippen LogP contribution is -2.24. The zero-order valence-electron chi connectivity index (χ0n) is 9.87. The molecule has 1 aromatic rings. The highest BCUT2D eigenvalue weighted by molar-refractivity contribution is 9.10.